The lowest BCUT2D eigenvalue weighted by Crippen LogP contribution is -2.40. The largest absolute Gasteiger partial charge is 0.508 e. The van der Waals surface area contributed by atoms with Crippen molar-refractivity contribution in [3.63, 3.8) is 0 Å². The molecule has 1 N–H and O–H groups in total. The van der Waals surface area contributed by atoms with Crippen molar-refractivity contribution in [2.75, 3.05) is 6.54 Å². The molecule has 3 heteroatoms. The fraction of sp³-hybridized carbons (Fsp3) is 0.250. The SMILES string of the molecule is Oc1ccccc1[C@H]1OC(c2ccccc2)(c2ccccc2)[C@@H]2CCCN12. The minimum absolute atomic E-state index is 0.243. The Morgan fingerprint density at radius 1 is 0.815 bits per heavy atom. The Labute approximate surface area is 159 Å². The van der Waals surface area contributed by atoms with Crippen LogP contribution in [0.25, 0.3) is 0 Å². The van der Waals surface area contributed by atoms with Gasteiger partial charge in [-0.25, -0.2) is 0 Å². The summed E-state index contributed by atoms with van der Waals surface area (Å²) >= 11 is 0. The second-order valence-corrected chi connectivity index (χ2v) is 7.39. The molecular formula is C24H23NO2. The molecule has 2 aliphatic heterocycles. The van der Waals surface area contributed by atoms with Crippen LogP contribution < -0.4 is 0 Å². The fourth-order valence-corrected chi connectivity index (χ4v) is 4.83. The maximum Gasteiger partial charge on any atom is 0.142 e. The van der Waals surface area contributed by atoms with Crippen molar-refractivity contribution in [3.05, 3.63) is 102 Å². The normalized spacial score (nSPS) is 24.0. The van der Waals surface area contributed by atoms with Crippen molar-refractivity contribution < 1.29 is 9.84 Å². The van der Waals surface area contributed by atoms with Gasteiger partial charge in [0.25, 0.3) is 0 Å². The lowest BCUT2D eigenvalue weighted by atomic mass is 9.79. The molecule has 0 radical (unpaired) electrons. The van der Waals surface area contributed by atoms with Crippen molar-refractivity contribution in [2.24, 2.45) is 0 Å². The Hall–Kier alpha value is -2.62. The van der Waals surface area contributed by atoms with Gasteiger partial charge in [-0.3, -0.25) is 4.90 Å². The van der Waals surface area contributed by atoms with Gasteiger partial charge in [0, 0.05) is 12.1 Å². The summed E-state index contributed by atoms with van der Waals surface area (Å²) in [6.45, 7) is 0.977. The zero-order valence-corrected chi connectivity index (χ0v) is 15.2. The Morgan fingerprint density at radius 3 is 2.04 bits per heavy atom. The molecule has 2 atom stereocenters. The van der Waals surface area contributed by atoms with Gasteiger partial charge in [-0.1, -0.05) is 78.9 Å². The van der Waals surface area contributed by atoms with Crippen LogP contribution in [0.1, 0.15) is 35.8 Å². The van der Waals surface area contributed by atoms with Crippen molar-refractivity contribution >= 4 is 0 Å². The summed E-state index contributed by atoms with van der Waals surface area (Å²) in [6.07, 6.45) is 1.96. The number of rotatable bonds is 3. The monoisotopic (exact) mass is 357 g/mol. The third-order valence-electron chi connectivity index (χ3n) is 5.97. The zero-order valence-electron chi connectivity index (χ0n) is 15.2. The van der Waals surface area contributed by atoms with Crippen LogP contribution in [0, 0.1) is 0 Å². The van der Waals surface area contributed by atoms with Crippen LogP contribution in [0.15, 0.2) is 84.9 Å². The summed E-state index contributed by atoms with van der Waals surface area (Å²) in [5, 5.41) is 10.5. The van der Waals surface area contributed by atoms with E-state index in [0.29, 0.717) is 5.75 Å². The summed E-state index contributed by atoms with van der Waals surface area (Å²) in [4.78, 5) is 2.43. The topological polar surface area (TPSA) is 32.7 Å². The molecule has 2 saturated heterocycles. The van der Waals surface area contributed by atoms with Gasteiger partial charge in [0.05, 0.1) is 6.04 Å². The highest BCUT2D eigenvalue weighted by molar-refractivity contribution is 5.43. The molecule has 0 saturated carbocycles. The van der Waals surface area contributed by atoms with Crippen LogP contribution in [0.5, 0.6) is 5.75 Å². The molecule has 0 unspecified atom stereocenters. The Balaban J connectivity index is 1.71. The molecular weight excluding hydrogens is 334 g/mol. The molecule has 3 aromatic carbocycles. The van der Waals surface area contributed by atoms with Crippen LogP contribution in [0.4, 0.5) is 0 Å². The molecule has 136 valence electrons. The first-order chi connectivity index (χ1) is 13.3. The van der Waals surface area contributed by atoms with E-state index in [1.54, 1.807) is 6.07 Å². The van der Waals surface area contributed by atoms with Gasteiger partial charge in [-0.2, -0.15) is 0 Å². The highest BCUT2D eigenvalue weighted by Gasteiger charge is 2.57. The van der Waals surface area contributed by atoms with Gasteiger partial charge in [-0.05, 0) is 30.0 Å². The minimum Gasteiger partial charge on any atom is -0.508 e. The number of hydrogen-bond donors (Lipinski definition) is 1. The lowest BCUT2D eigenvalue weighted by Gasteiger charge is -2.34. The second-order valence-electron chi connectivity index (χ2n) is 7.39. The van der Waals surface area contributed by atoms with E-state index in [-0.39, 0.29) is 12.3 Å². The molecule has 3 aromatic rings. The fourth-order valence-electron chi connectivity index (χ4n) is 4.83. The van der Waals surface area contributed by atoms with Gasteiger partial charge < -0.3 is 9.84 Å². The number of benzene rings is 3. The van der Waals surface area contributed by atoms with E-state index in [2.05, 4.69) is 53.4 Å². The molecule has 0 aliphatic carbocycles. The van der Waals surface area contributed by atoms with E-state index in [9.17, 15) is 5.11 Å². The van der Waals surface area contributed by atoms with Crippen molar-refractivity contribution in [3.8, 4) is 5.75 Å². The number of phenolic OH excluding ortho intramolecular Hbond substituents is 1. The van der Waals surface area contributed by atoms with Crippen LogP contribution >= 0.6 is 0 Å². The highest BCUT2D eigenvalue weighted by atomic mass is 16.5. The molecule has 0 amide bonds. The standard InChI is InChI=1S/C24H23NO2/c26-21-15-8-7-14-20(21)23-25-17-9-16-22(25)24(27-23,18-10-3-1-4-11-18)19-12-5-2-6-13-19/h1-8,10-15,22-23,26H,9,16-17H2/t22-,23+/m0/s1. The summed E-state index contributed by atoms with van der Waals surface area (Å²) in [6, 6.07) is 28.8. The average Bonchev–Trinajstić information content (AvgIpc) is 3.32. The lowest BCUT2D eigenvalue weighted by molar-refractivity contribution is -0.0474. The first kappa shape index (κ1) is 16.5. The number of fused-ring (bicyclic) bond motifs is 1. The molecule has 0 spiro atoms. The number of para-hydroxylation sites is 1. The van der Waals surface area contributed by atoms with E-state index in [4.69, 9.17) is 4.74 Å². The molecule has 0 bridgehead atoms. The summed E-state index contributed by atoms with van der Waals surface area (Å²) in [7, 11) is 0. The maximum atomic E-state index is 10.5. The smallest absolute Gasteiger partial charge is 0.142 e. The Morgan fingerprint density at radius 2 is 1.41 bits per heavy atom. The minimum atomic E-state index is -0.536. The molecule has 3 nitrogen and oxygen atoms in total. The van der Waals surface area contributed by atoms with Crippen molar-refractivity contribution in [2.45, 2.75) is 30.7 Å². The number of aromatic hydroxyl groups is 1. The van der Waals surface area contributed by atoms with Crippen LogP contribution in [0.3, 0.4) is 0 Å². The molecule has 27 heavy (non-hydrogen) atoms. The van der Waals surface area contributed by atoms with Crippen molar-refractivity contribution in [1.82, 2.24) is 4.90 Å². The number of nitrogens with zero attached hydrogens (tertiary/aromatic N) is 1. The van der Waals surface area contributed by atoms with E-state index in [1.165, 1.54) is 11.1 Å². The van der Waals surface area contributed by atoms with E-state index in [1.807, 2.05) is 30.3 Å². The zero-order chi connectivity index (χ0) is 18.3. The van der Waals surface area contributed by atoms with Gasteiger partial charge >= 0.3 is 0 Å². The van der Waals surface area contributed by atoms with Crippen LogP contribution in [0.2, 0.25) is 0 Å². The number of hydrogen-bond acceptors (Lipinski definition) is 3. The summed E-state index contributed by atoms with van der Waals surface area (Å²) in [5.74, 6) is 0.296. The third-order valence-corrected chi connectivity index (χ3v) is 5.97. The predicted octanol–water partition coefficient (Wildman–Crippen LogP) is 4.83. The first-order valence-corrected chi connectivity index (χ1v) is 9.63. The number of phenols is 1. The Kier molecular flexibility index (Phi) is 4.00. The number of ether oxygens (including phenoxy) is 1. The second kappa shape index (κ2) is 6.52. The van der Waals surface area contributed by atoms with E-state index < -0.39 is 5.60 Å². The maximum absolute atomic E-state index is 10.5. The third kappa shape index (κ3) is 2.50. The van der Waals surface area contributed by atoms with Crippen LogP contribution in [-0.2, 0) is 10.3 Å². The molecule has 2 fully saturated rings. The first-order valence-electron chi connectivity index (χ1n) is 9.63. The molecule has 0 aromatic heterocycles. The van der Waals surface area contributed by atoms with Gasteiger partial charge in [0.2, 0.25) is 0 Å². The van der Waals surface area contributed by atoms with Gasteiger partial charge in [0.15, 0.2) is 0 Å². The van der Waals surface area contributed by atoms with Crippen molar-refractivity contribution in [1.29, 1.82) is 0 Å². The average molecular weight is 357 g/mol. The summed E-state index contributed by atoms with van der Waals surface area (Å²) in [5.41, 5.74) is 2.65. The van der Waals surface area contributed by atoms with E-state index >= 15 is 0 Å². The van der Waals surface area contributed by atoms with Gasteiger partial charge in [0.1, 0.15) is 17.6 Å². The van der Waals surface area contributed by atoms with Crippen LogP contribution in [-0.4, -0.2) is 22.6 Å². The summed E-state index contributed by atoms with van der Waals surface area (Å²) < 4.78 is 6.92. The van der Waals surface area contributed by atoms with E-state index in [0.717, 1.165) is 24.9 Å². The molecule has 5 rings (SSSR count). The highest BCUT2D eigenvalue weighted by Crippen LogP contribution is 2.55. The van der Waals surface area contributed by atoms with Gasteiger partial charge in [-0.15, -0.1) is 0 Å². The quantitative estimate of drug-likeness (QED) is 0.729. The molecule has 2 heterocycles. The molecule has 2 aliphatic rings. The predicted molar refractivity (Wildman–Crippen MR) is 105 cm³/mol. The Bertz CT molecular complexity index is 886.